The molecule has 18 heavy (non-hydrogen) atoms. The summed E-state index contributed by atoms with van der Waals surface area (Å²) >= 11 is 0. The van der Waals surface area contributed by atoms with Gasteiger partial charge >= 0.3 is 0 Å². The predicted octanol–water partition coefficient (Wildman–Crippen LogP) is 3.04. The van der Waals surface area contributed by atoms with E-state index in [1.165, 1.54) is 44.1 Å². The van der Waals surface area contributed by atoms with Crippen molar-refractivity contribution >= 4 is 0 Å². The van der Waals surface area contributed by atoms with Crippen molar-refractivity contribution < 1.29 is 0 Å². The van der Waals surface area contributed by atoms with Crippen LogP contribution in [0.1, 0.15) is 57.4 Å². The molecule has 0 bridgehead atoms. The Hall–Kier alpha value is -0.830. The van der Waals surface area contributed by atoms with E-state index in [9.17, 15) is 0 Å². The third kappa shape index (κ3) is 3.58. The van der Waals surface area contributed by atoms with Crippen molar-refractivity contribution in [2.24, 2.45) is 18.7 Å². The van der Waals surface area contributed by atoms with Gasteiger partial charge in [-0.05, 0) is 43.6 Å². The quantitative estimate of drug-likeness (QED) is 0.834. The van der Waals surface area contributed by atoms with Crippen molar-refractivity contribution in [3.05, 3.63) is 18.0 Å². The molecule has 0 spiro atoms. The van der Waals surface area contributed by atoms with E-state index in [0.717, 1.165) is 18.8 Å². The van der Waals surface area contributed by atoms with Crippen molar-refractivity contribution in [3.8, 4) is 0 Å². The summed E-state index contributed by atoms with van der Waals surface area (Å²) in [5.41, 5.74) is 7.99. The highest BCUT2D eigenvalue weighted by Crippen LogP contribution is 2.33. The minimum atomic E-state index is 0.0692. The third-order valence-corrected chi connectivity index (χ3v) is 4.58. The van der Waals surface area contributed by atoms with E-state index in [2.05, 4.69) is 18.2 Å². The Balaban J connectivity index is 1.87. The minimum Gasteiger partial charge on any atom is -0.325 e. The molecule has 3 nitrogen and oxygen atoms in total. The van der Waals surface area contributed by atoms with Gasteiger partial charge in [0, 0.05) is 18.8 Å². The standard InChI is InChI=1S/C15H27N3/c1-3-13-5-4-8-15(16,9-6-13)10-7-14-11-17-18(2)12-14/h11-13H,3-10,16H2,1-2H3. The number of nitrogens with zero attached hydrogens (tertiary/aromatic N) is 2. The fraction of sp³-hybridized carbons (Fsp3) is 0.800. The molecule has 0 radical (unpaired) electrons. The molecule has 2 rings (SSSR count). The second-order valence-electron chi connectivity index (χ2n) is 6.09. The van der Waals surface area contributed by atoms with Gasteiger partial charge in [0.25, 0.3) is 0 Å². The van der Waals surface area contributed by atoms with E-state index in [0.29, 0.717) is 0 Å². The van der Waals surface area contributed by atoms with Gasteiger partial charge in [-0.3, -0.25) is 4.68 Å². The normalized spacial score (nSPS) is 29.2. The van der Waals surface area contributed by atoms with Crippen LogP contribution in [0.4, 0.5) is 0 Å². The van der Waals surface area contributed by atoms with Gasteiger partial charge < -0.3 is 5.73 Å². The molecule has 102 valence electrons. The van der Waals surface area contributed by atoms with Gasteiger partial charge in [-0.2, -0.15) is 5.10 Å². The van der Waals surface area contributed by atoms with Crippen molar-refractivity contribution in [2.75, 3.05) is 0 Å². The van der Waals surface area contributed by atoms with Crippen LogP contribution in [0.5, 0.6) is 0 Å². The molecule has 2 atom stereocenters. The van der Waals surface area contributed by atoms with Crippen LogP contribution >= 0.6 is 0 Å². The Morgan fingerprint density at radius 2 is 2.28 bits per heavy atom. The first kappa shape index (κ1) is 13.6. The minimum absolute atomic E-state index is 0.0692. The molecule has 1 aliphatic rings. The first-order chi connectivity index (χ1) is 8.61. The molecule has 1 aliphatic carbocycles. The lowest BCUT2D eigenvalue weighted by molar-refractivity contribution is 0.337. The molecule has 1 aromatic heterocycles. The lowest BCUT2D eigenvalue weighted by Gasteiger charge is -2.28. The molecule has 1 aromatic rings. The molecule has 0 saturated heterocycles. The smallest absolute Gasteiger partial charge is 0.0521 e. The largest absolute Gasteiger partial charge is 0.325 e. The Morgan fingerprint density at radius 3 is 2.94 bits per heavy atom. The lowest BCUT2D eigenvalue weighted by atomic mass is 9.85. The maximum Gasteiger partial charge on any atom is 0.0521 e. The Bertz CT molecular complexity index is 372. The summed E-state index contributed by atoms with van der Waals surface area (Å²) in [6, 6.07) is 0. The summed E-state index contributed by atoms with van der Waals surface area (Å²) in [7, 11) is 1.97. The van der Waals surface area contributed by atoms with E-state index < -0.39 is 0 Å². The molecular weight excluding hydrogens is 222 g/mol. The number of aromatic nitrogens is 2. The van der Waals surface area contributed by atoms with Gasteiger partial charge in [0.15, 0.2) is 0 Å². The van der Waals surface area contributed by atoms with Crippen LogP contribution in [-0.2, 0) is 13.5 Å². The van der Waals surface area contributed by atoms with Crippen LogP contribution in [0.2, 0.25) is 0 Å². The Labute approximate surface area is 111 Å². The number of hydrogen-bond donors (Lipinski definition) is 1. The molecule has 0 amide bonds. The molecule has 2 N–H and O–H groups in total. The highest BCUT2D eigenvalue weighted by Gasteiger charge is 2.28. The summed E-state index contributed by atoms with van der Waals surface area (Å²) in [4.78, 5) is 0. The zero-order chi connectivity index (χ0) is 13.0. The van der Waals surface area contributed by atoms with Gasteiger partial charge in [-0.25, -0.2) is 0 Å². The molecular formula is C15H27N3. The van der Waals surface area contributed by atoms with Gasteiger partial charge in [0.05, 0.1) is 6.20 Å². The molecule has 1 fully saturated rings. The van der Waals surface area contributed by atoms with Crippen molar-refractivity contribution in [3.63, 3.8) is 0 Å². The number of rotatable bonds is 4. The Kier molecular flexibility index (Phi) is 4.44. The monoisotopic (exact) mass is 249 g/mol. The average molecular weight is 249 g/mol. The van der Waals surface area contributed by atoms with E-state index in [-0.39, 0.29) is 5.54 Å². The first-order valence-corrected chi connectivity index (χ1v) is 7.38. The number of aryl methyl sites for hydroxylation is 2. The van der Waals surface area contributed by atoms with Gasteiger partial charge in [-0.15, -0.1) is 0 Å². The van der Waals surface area contributed by atoms with Crippen LogP contribution in [-0.4, -0.2) is 15.3 Å². The van der Waals surface area contributed by atoms with Gasteiger partial charge in [0.1, 0.15) is 0 Å². The third-order valence-electron chi connectivity index (χ3n) is 4.58. The van der Waals surface area contributed by atoms with E-state index >= 15 is 0 Å². The molecule has 0 aromatic carbocycles. The summed E-state index contributed by atoms with van der Waals surface area (Å²) in [6.07, 6.45) is 14.0. The summed E-state index contributed by atoms with van der Waals surface area (Å²) in [5, 5.41) is 4.22. The predicted molar refractivity (Wildman–Crippen MR) is 75.3 cm³/mol. The van der Waals surface area contributed by atoms with Gasteiger partial charge in [0.2, 0.25) is 0 Å². The van der Waals surface area contributed by atoms with E-state index in [4.69, 9.17) is 5.73 Å². The second kappa shape index (κ2) is 5.87. The van der Waals surface area contributed by atoms with Crippen LogP contribution in [0.25, 0.3) is 0 Å². The van der Waals surface area contributed by atoms with Crippen molar-refractivity contribution in [1.29, 1.82) is 0 Å². The second-order valence-corrected chi connectivity index (χ2v) is 6.09. The zero-order valence-corrected chi connectivity index (χ0v) is 11.9. The number of nitrogens with two attached hydrogens (primary N) is 1. The summed E-state index contributed by atoms with van der Waals surface area (Å²) in [6.45, 7) is 2.31. The van der Waals surface area contributed by atoms with Crippen LogP contribution < -0.4 is 5.73 Å². The average Bonchev–Trinajstić information content (AvgIpc) is 2.67. The lowest BCUT2D eigenvalue weighted by Crippen LogP contribution is -2.39. The molecule has 2 unspecified atom stereocenters. The first-order valence-electron chi connectivity index (χ1n) is 7.38. The fourth-order valence-corrected chi connectivity index (χ4v) is 3.16. The van der Waals surface area contributed by atoms with Crippen LogP contribution in [0.15, 0.2) is 12.4 Å². The maximum absolute atomic E-state index is 6.60. The molecule has 1 saturated carbocycles. The maximum atomic E-state index is 6.60. The topological polar surface area (TPSA) is 43.8 Å². The summed E-state index contributed by atoms with van der Waals surface area (Å²) < 4.78 is 1.87. The highest BCUT2D eigenvalue weighted by atomic mass is 15.2. The Morgan fingerprint density at radius 1 is 1.44 bits per heavy atom. The summed E-state index contributed by atoms with van der Waals surface area (Å²) in [5.74, 6) is 0.911. The van der Waals surface area contributed by atoms with E-state index in [1.807, 2.05) is 17.9 Å². The molecule has 1 heterocycles. The highest BCUT2D eigenvalue weighted by molar-refractivity contribution is 5.05. The molecule has 0 aliphatic heterocycles. The SMILES string of the molecule is CCC1CCCC(N)(CCc2cnn(C)c2)CC1. The van der Waals surface area contributed by atoms with Gasteiger partial charge in [-0.1, -0.05) is 26.2 Å². The van der Waals surface area contributed by atoms with Crippen LogP contribution in [0.3, 0.4) is 0 Å². The zero-order valence-electron chi connectivity index (χ0n) is 11.9. The number of hydrogen-bond acceptors (Lipinski definition) is 2. The van der Waals surface area contributed by atoms with Crippen LogP contribution in [0, 0.1) is 5.92 Å². The van der Waals surface area contributed by atoms with E-state index in [1.54, 1.807) is 0 Å². The van der Waals surface area contributed by atoms with Crippen molar-refractivity contribution in [2.45, 2.75) is 63.8 Å². The van der Waals surface area contributed by atoms with Crippen molar-refractivity contribution in [1.82, 2.24) is 9.78 Å². The fourth-order valence-electron chi connectivity index (χ4n) is 3.16. The molecule has 3 heteroatoms.